The summed E-state index contributed by atoms with van der Waals surface area (Å²) in [6, 6.07) is 8.14. The van der Waals surface area contributed by atoms with Crippen LogP contribution in [0.1, 0.15) is 5.69 Å². The van der Waals surface area contributed by atoms with Gasteiger partial charge in [-0.3, -0.25) is 0 Å². The van der Waals surface area contributed by atoms with E-state index in [4.69, 9.17) is 4.74 Å². The van der Waals surface area contributed by atoms with E-state index in [1.165, 1.54) is 7.11 Å². The largest absolute Gasteiger partial charge is 0.508 e. The van der Waals surface area contributed by atoms with E-state index in [2.05, 4.69) is 14.7 Å². The summed E-state index contributed by atoms with van der Waals surface area (Å²) in [5, 5.41) is 9.27. The number of esters is 1. The molecule has 0 bridgehead atoms. The van der Waals surface area contributed by atoms with Crippen LogP contribution >= 0.6 is 0 Å². The first kappa shape index (κ1) is 13.8. The number of aromatic nitrogens is 2. The smallest absolute Gasteiger partial charge is 0.343 e. The van der Waals surface area contributed by atoms with Gasteiger partial charge in [0.25, 0.3) is 0 Å². The molecule has 0 aliphatic carbocycles. The Labute approximate surface area is 116 Å². The second-order valence-electron chi connectivity index (χ2n) is 4.08. The molecule has 0 spiro atoms. The summed E-state index contributed by atoms with van der Waals surface area (Å²) in [6.45, 7) is 1.60. The van der Waals surface area contributed by atoms with Crippen molar-refractivity contribution in [2.45, 2.75) is 6.92 Å². The number of benzene rings is 1. The molecule has 0 unspecified atom stereocenters. The molecular weight excluding hydrogens is 260 g/mol. The highest BCUT2D eigenvalue weighted by molar-refractivity contribution is 5.70. The zero-order valence-corrected chi connectivity index (χ0v) is 11.2. The Balaban J connectivity index is 2.24. The maximum Gasteiger partial charge on any atom is 0.343 e. The third kappa shape index (κ3) is 3.44. The van der Waals surface area contributed by atoms with Crippen LogP contribution in [0.3, 0.4) is 0 Å². The molecule has 2 aromatic rings. The van der Waals surface area contributed by atoms with Gasteiger partial charge < -0.3 is 14.6 Å². The number of carbonyl (C=O) groups is 1. The highest BCUT2D eigenvalue weighted by Crippen LogP contribution is 2.21. The Kier molecular flexibility index (Phi) is 4.14. The molecular formula is C14H14N2O4. The third-order valence-electron chi connectivity index (χ3n) is 2.52. The molecule has 1 heterocycles. The molecule has 6 nitrogen and oxygen atoms in total. The maximum atomic E-state index is 11.0. The summed E-state index contributed by atoms with van der Waals surface area (Å²) in [6.07, 6.45) is 0. The van der Waals surface area contributed by atoms with E-state index in [1.807, 2.05) is 0 Å². The molecule has 0 aliphatic heterocycles. The van der Waals surface area contributed by atoms with Crippen molar-refractivity contribution < 1.29 is 19.4 Å². The fourth-order valence-electron chi connectivity index (χ4n) is 1.55. The van der Waals surface area contributed by atoms with Crippen LogP contribution in [0.5, 0.6) is 11.6 Å². The fourth-order valence-corrected chi connectivity index (χ4v) is 1.55. The van der Waals surface area contributed by atoms with E-state index in [-0.39, 0.29) is 12.4 Å². The van der Waals surface area contributed by atoms with Crippen LogP contribution in [0.25, 0.3) is 11.4 Å². The van der Waals surface area contributed by atoms with Gasteiger partial charge in [-0.15, -0.1) is 0 Å². The fraction of sp³-hybridized carbons (Fsp3) is 0.214. The predicted molar refractivity (Wildman–Crippen MR) is 71.4 cm³/mol. The van der Waals surface area contributed by atoms with Crippen molar-refractivity contribution in [1.29, 1.82) is 0 Å². The average molecular weight is 274 g/mol. The van der Waals surface area contributed by atoms with Crippen LogP contribution < -0.4 is 4.74 Å². The molecule has 0 fully saturated rings. The molecule has 1 aromatic heterocycles. The summed E-state index contributed by atoms with van der Waals surface area (Å²) in [5.74, 6) is 0.451. The number of phenols is 1. The van der Waals surface area contributed by atoms with E-state index in [9.17, 15) is 9.90 Å². The van der Waals surface area contributed by atoms with Crippen molar-refractivity contribution in [3.05, 3.63) is 36.0 Å². The Bertz CT molecular complexity index is 611. The van der Waals surface area contributed by atoms with Crippen molar-refractivity contribution in [3.8, 4) is 23.0 Å². The van der Waals surface area contributed by atoms with Gasteiger partial charge in [-0.05, 0) is 31.2 Å². The minimum atomic E-state index is -0.479. The number of phenolic OH excluding ortho intramolecular Hbond substituents is 1. The second-order valence-corrected chi connectivity index (χ2v) is 4.08. The third-order valence-corrected chi connectivity index (χ3v) is 2.52. The summed E-state index contributed by atoms with van der Waals surface area (Å²) in [5.41, 5.74) is 1.46. The quantitative estimate of drug-likeness (QED) is 0.855. The number of rotatable bonds is 4. The Morgan fingerprint density at radius 2 is 1.95 bits per heavy atom. The molecule has 0 saturated carbocycles. The van der Waals surface area contributed by atoms with Crippen LogP contribution in [0.4, 0.5) is 0 Å². The first-order chi connectivity index (χ1) is 9.58. The minimum absolute atomic E-state index is 0.170. The lowest BCUT2D eigenvalue weighted by atomic mass is 10.2. The lowest BCUT2D eigenvalue weighted by Gasteiger charge is -2.07. The van der Waals surface area contributed by atoms with Crippen LogP contribution in [0.2, 0.25) is 0 Å². The zero-order valence-electron chi connectivity index (χ0n) is 11.2. The molecule has 1 aromatic carbocycles. The molecule has 0 saturated heterocycles. The summed E-state index contributed by atoms with van der Waals surface area (Å²) < 4.78 is 9.75. The van der Waals surface area contributed by atoms with Crippen molar-refractivity contribution >= 4 is 5.97 Å². The van der Waals surface area contributed by atoms with Gasteiger partial charge in [0.2, 0.25) is 5.88 Å². The van der Waals surface area contributed by atoms with Crippen LogP contribution in [0, 0.1) is 6.92 Å². The number of hydrogen-bond donors (Lipinski definition) is 1. The molecule has 0 amide bonds. The molecule has 20 heavy (non-hydrogen) atoms. The predicted octanol–water partition coefficient (Wildman–Crippen LogP) is 1.71. The van der Waals surface area contributed by atoms with Gasteiger partial charge >= 0.3 is 5.97 Å². The Hall–Kier alpha value is -2.63. The van der Waals surface area contributed by atoms with Crippen LogP contribution in [-0.4, -0.2) is 34.8 Å². The van der Waals surface area contributed by atoms with E-state index in [0.29, 0.717) is 17.4 Å². The number of methoxy groups -OCH3 is 1. The molecule has 1 N–H and O–H groups in total. The van der Waals surface area contributed by atoms with E-state index < -0.39 is 5.97 Å². The van der Waals surface area contributed by atoms with Gasteiger partial charge in [0.05, 0.1) is 7.11 Å². The first-order valence-corrected chi connectivity index (χ1v) is 5.93. The van der Waals surface area contributed by atoms with Gasteiger partial charge in [0.15, 0.2) is 12.4 Å². The number of aryl methyl sites for hydroxylation is 1. The standard InChI is InChI=1S/C14H14N2O4/c1-9-7-12(20-8-13(18)19-2)16-14(15-9)10-3-5-11(17)6-4-10/h3-7,17H,8H2,1-2H3. The van der Waals surface area contributed by atoms with Gasteiger partial charge in [0, 0.05) is 17.3 Å². The minimum Gasteiger partial charge on any atom is -0.508 e. The number of nitrogens with zero attached hydrogens (tertiary/aromatic N) is 2. The van der Waals surface area contributed by atoms with Gasteiger partial charge in [-0.2, -0.15) is 4.98 Å². The molecule has 2 rings (SSSR count). The van der Waals surface area contributed by atoms with E-state index in [1.54, 1.807) is 37.3 Å². The normalized spacial score (nSPS) is 10.1. The molecule has 6 heteroatoms. The van der Waals surface area contributed by atoms with Gasteiger partial charge in [0.1, 0.15) is 5.75 Å². The topological polar surface area (TPSA) is 81.5 Å². The number of carbonyl (C=O) groups excluding carboxylic acids is 1. The number of aromatic hydroxyl groups is 1. The lowest BCUT2D eigenvalue weighted by molar-refractivity contribution is -0.143. The first-order valence-electron chi connectivity index (χ1n) is 5.93. The number of ether oxygens (including phenoxy) is 2. The lowest BCUT2D eigenvalue weighted by Crippen LogP contribution is -2.13. The van der Waals surface area contributed by atoms with Crippen molar-refractivity contribution in [1.82, 2.24) is 9.97 Å². The highest BCUT2D eigenvalue weighted by Gasteiger charge is 2.08. The summed E-state index contributed by atoms with van der Waals surface area (Å²) >= 11 is 0. The molecule has 0 atom stereocenters. The Morgan fingerprint density at radius 3 is 2.60 bits per heavy atom. The second kappa shape index (κ2) is 6.01. The molecule has 0 aliphatic rings. The Morgan fingerprint density at radius 1 is 1.25 bits per heavy atom. The van der Waals surface area contributed by atoms with E-state index in [0.717, 1.165) is 5.56 Å². The van der Waals surface area contributed by atoms with Gasteiger partial charge in [-0.1, -0.05) is 0 Å². The van der Waals surface area contributed by atoms with Crippen molar-refractivity contribution in [2.75, 3.05) is 13.7 Å². The van der Waals surface area contributed by atoms with Crippen LogP contribution in [0.15, 0.2) is 30.3 Å². The summed E-state index contributed by atoms with van der Waals surface area (Å²) in [4.78, 5) is 19.6. The zero-order chi connectivity index (χ0) is 14.5. The van der Waals surface area contributed by atoms with Gasteiger partial charge in [-0.25, -0.2) is 9.78 Å². The van der Waals surface area contributed by atoms with Crippen molar-refractivity contribution in [3.63, 3.8) is 0 Å². The highest BCUT2D eigenvalue weighted by atomic mass is 16.6. The monoisotopic (exact) mass is 274 g/mol. The van der Waals surface area contributed by atoms with E-state index >= 15 is 0 Å². The van der Waals surface area contributed by atoms with Crippen LogP contribution in [-0.2, 0) is 9.53 Å². The summed E-state index contributed by atoms with van der Waals surface area (Å²) in [7, 11) is 1.29. The SMILES string of the molecule is COC(=O)COc1cc(C)nc(-c2ccc(O)cc2)n1. The molecule has 104 valence electrons. The van der Waals surface area contributed by atoms with Crippen molar-refractivity contribution in [2.24, 2.45) is 0 Å². The average Bonchev–Trinajstić information content (AvgIpc) is 2.45. The molecule has 0 radical (unpaired) electrons. The maximum absolute atomic E-state index is 11.0. The number of hydrogen-bond acceptors (Lipinski definition) is 6.